The number of halogens is 16. The Hall–Kier alpha value is -3.60. The first-order valence-corrected chi connectivity index (χ1v) is 15.8. The molecule has 234 valence electrons. The van der Waals surface area contributed by atoms with Crippen molar-refractivity contribution < 1.29 is 65.9 Å². The van der Waals surface area contributed by atoms with Crippen molar-refractivity contribution in [1.29, 1.82) is 0 Å². The van der Waals surface area contributed by atoms with Crippen molar-refractivity contribution in [2.45, 2.75) is 13.1 Å². The molecular formula is C26H10BClF15Si-. The minimum atomic E-state index is -5.80. The van der Waals surface area contributed by atoms with E-state index in [0.29, 0.717) is 12.1 Å². The second-order valence-corrected chi connectivity index (χ2v) is 16.3. The first-order chi connectivity index (χ1) is 20.2. The highest BCUT2D eigenvalue weighted by molar-refractivity contribution is 7.26. The van der Waals surface area contributed by atoms with Gasteiger partial charge < -0.3 is 0 Å². The van der Waals surface area contributed by atoms with Crippen LogP contribution in [-0.4, -0.2) is 13.5 Å². The van der Waals surface area contributed by atoms with Gasteiger partial charge in [-0.3, -0.25) is 0 Å². The molecule has 0 aliphatic rings. The molecule has 0 fully saturated rings. The molecule has 0 unspecified atom stereocenters. The van der Waals surface area contributed by atoms with Gasteiger partial charge in [0, 0.05) is 0 Å². The Kier molecular flexibility index (Phi) is 8.39. The molecule has 0 aliphatic heterocycles. The van der Waals surface area contributed by atoms with E-state index in [0.717, 1.165) is 12.1 Å². The van der Waals surface area contributed by atoms with Gasteiger partial charge in [0.1, 0.15) is 41.0 Å². The lowest BCUT2D eigenvalue weighted by atomic mass is 9.12. The minimum Gasteiger partial charge on any atom is -0.207 e. The van der Waals surface area contributed by atoms with Gasteiger partial charge in [-0.1, -0.05) is 37.4 Å². The fourth-order valence-corrected chi connectivity index (χ4v) is 6.44. The van der Waals surface area contributed by atoms with E-state index >= 15 is 26.3 Å². The van der Waals surface area contributed by atoms with Crippen LogP contribution in [0.25, 0.3) is 0 Å². The van der Waals surface area contributed by atoms with Crippen LogP contribution >= 0.6 is 11.1 Å². The molecule has 4 rings (SSSR count). The summed E-state index contributed by atoms with van der Waals surface area (Å²) in [5.74, 6) is -45.7. The van der Waals surface area contributed by atoms with Crippen molar-refractivity contribution in [2.75, 3.05) is 0 Å². The Morgan fingerprint density at radius 2 is 0.591 bits per heavy atom. The standard InChI is InChI=1S/C26H10BClF15Si/c1-44(2,28)8-5-3-7(4-6-8)27(9-12(29)18(35)24(41)19(36)13(9)30,10-14(31)20(37)25(42)21(38)15(10)32)11-16(33)22(39)26(43)23(40)17(11)34/h3-6H,1-2H3/q-1. The van der Waals surface area contributed by atoms with Gasteiger partial charge >= 0.3 is 0 Å². The molecule has 0 spiro atoms. The summed E-state index contributed by atoms with van der Waals surface area (Å²) in [7, 11) is -2.97. The lowest BCUT2D eigenvalue weighted by molar-refractivity contribution is 0.380. The maximum absolute atomic E-state index is 15.6. The third-order valence-corrected chi connectivity index (χ3v) is 9.49. The average Bonchev–Trinajstić information content (AvgIpc) is 2.98. The summed E-state index contributed by atoms with van der Waals surface area (Å²) >= 11 is 6.27. The van der Waals surface area contributed by atoms with Crippen molar-refractivity contribution >= 4 is 51.6 Å². The summed E-state index contributed by atoms with van der Waals surface area (Å²) in [6, 6.07) is 2.52. The Labute approximate surface area is 242 Å². The Morgan fingerprint density at radius 3 is 0.795 bits per heavy atom. The zero-order valence-corrected chi connectivity index (χ0v) is 23.2. The van der Waals surface area contributed by atoms with E-state index in [1.54, 1.807) is 0 Å². The van der Waals surface area contributed by atoms with Gasteiger partial charge in [0.2, 0.25) is 0 Å². The molecule has 0 atom stereocenters. The Balaban J connectivity index is 2.53. The third kappa shape index (κ3) is 4.57. The van der Waals surface area contributed by atoms with Gasteiger partial charge in [0.05, 0.1) is 0 Å². The Morgan fingerprint density at radius 1 is 0.386 bits per heavy atom. The molecule has 0 heterocycles. The van der Waals surface area contributed by atoms with Crippen LogP contribution in [0.4, 0.5) is 65.9 Å². The summed E-state index contributed by atoms with van der Waals surface area (Å²) < 4.78 is 223. The molecule has 0 saturated heterocycles. The number of hydrogen-bond donors (Lipinski definition) is 0. The van der Waals surface area contributed by atoms with Gasteiger partial charge in [-0.25, -0.2) is 65.9 Å². The van der Waals surface area contributed by atoms with Gasteiger partial charge in [-0.15, -0.1) is 16.4 Å². The van der Waals surface area contributed by atoms with Crippen LogP contribution in [0.15, 0.2) is 24.3 Å². The van der Waals surface area contributed by atoms with Crippen molar-refractivity contribution in [3.05, 3.63) is 112 Å². The summed E-state index contributed by atoms with van der Waals surface area (Å²) in [6.07, 6.45) is -5.80. The zero-order valence-electron chi connectivity index (χ0n) is 21.4. The van der Waals surface area contributed by atoms with Crippen LogP contribution in [0.3, 0.4) is 0 Å². The summed E-state index contributed by atoms with van der Waals surface area (Å²) in [5, 5.41) is 0.0971. The molecule has 4 aromatic rings. The fourth-order valence-electron chi connectivity index (χ4n) is 5.11. The van der Waals surface area contributed by atoms with E-state index in [9.17, 15) is 39.5 Å². The second kappa shape index (κ2) is 11.1. The molecule has 0 amide bonds. The third-order valence-electron chi connectivity index (χ3n) is 7.13. The molecule has 4 aromatic carbocycles. The number of benzene rings is 4. The number of hydrogen-bond acceptors (Lipinski definition) is 0. The SMILES string of the molecule is C[Si](C)(Cl)c1ccc([B-](c2c(F)c(F)c(F)c(F)c2F)(c2c(F)c(F)c(F)c(F)c2F)c2c(F)c(F)c(F)c(F)c2F)cc1. The molecule has 18 heteroatoms. The highest BCUT2D eigenvalue weighted by Crippen LogP contribution is 2.28. The molecule has 0 saturated carbocycles. The predicted octanol–water partition coefficient (Wildman–Crippen LogP) is 5.80. The maximum atomic E-state index is 15.6. The van der Waals surface area contributed by atoms with E-state index in [4.69, 9.17) is 11.1 Å². The molecule has 0 aromatic heterocycles. The monoisotopic (exact) mass is 681 g/mol. The van der Waals surface area contributed by atoms with Gasteiger partial charge in [-0.05, 0) is 5.19 Å². The largest absolute Gasteiger partial charge is 0.207 e. The fraction of sp³-hybridized carbons (Fsp3) is 0.0769. The lowest BCUT2D eigenvalue weighted by Gasteiger charge is -2.44. The topological polar surface area (TPSA) is 0 Å². The minimum absolute atomic E-state index is 0.0971. The van der Waals surface area contributed by atoms with Crippen LogP contribution in [0.2, 0.25) is 13.1 Å². The normalized spacial score (nSPS) is 12.3. The smallest absolute Gasteiger partial charge is 0.200 e. The van der Waals surface area contributed by atoms with Gasteiger partial charge in [0.15, 0.2) is 59.7 Å². The van der Waals surface area contributed by atoms with Crippen molar-refractivity contribution in [2.24, 2.45) is 0 Å². The average molecular weight is 682 g/mol. The summed E-state index contributed by atoms with van der Waals surface area (Å²) in [4.78, 5) is 0. The van der Waals surface area contributed by atoms with Gasteiger partial charge in [-0.2, -0.15) is 16.5 Å². The van der Waals surface area contributed by atoms with E-state index in [1.807, 2.05) is 0 Å². The van der Waals surface area contributed by atoms with Crippen LogP contribution in [0, 0.1) is 87.3 Å². The first kappa shape index (κ1) is 33.3. The highest BCUT2D eigenvalue weighted by atomic mass is 35.6. The van der Waals surface area contributed by atoms with E-state index in [1.165, 1.54) is 13.1 Å². The molecule has 0 N–H and O–H groups in total. The Bertz CT molecular complexity index is 1600. The van der Waals surface area contributed by atoms with Crippen molar-refractivity contribution in [3.8, 4) is 0 Å². The molecule has 0 nitrogen and oxygen atoms in total. The quantitative estimate of drug-likeness (QED) is 0.0822. The van der Waals surface area contributed by atoms with Crippen LogP contribution < -0.4 is 27.0 Å². The summed E-state index contributed by atoms with van der Waals surface area (Å²) in [6.45, 7) is 2.89. The van der Waals surface area contributed by atoms with E-state index in [2.05, 4.69) is 0 Å². The maximum Gasteiger partial charge on any atom is 0.200 e. The van der Waals surface area contributed by atoms with Crippen LogP contribution in [-0.2, 0) is 0 Å². The molecule has 44 heavy (non-hydrogen) atoms. The second-order valence-electron chi connectivity index (χ2n) is 9.91. The van der Waals surface area contributed by atoms with Crippen molar-refractivity contribution in [3.63, 3.8) is 0 Å². The van der Waals surface area contributed by atoms with Crippen LogP contribution in [0.1, 0.15) is 0 Å². The lowest BCUT2D eigenvalue weighted by Crippen LogP contribution is -2.79. The molecular weight excluding hydrogens is 672 g/mol. The molecule has 0 bridgehead atoms. The van der Waals surface area contributed by atoms with Crippen molar-refractivity contribution in [1.82, 2.24) is 0 Å². The van der Waals surface area contributed by atoms with Crippen LogP contribution in [0.5, 0.6) is 0 Å². The molecule has 0 aliphatic carbocycles. The summed E-state index contributed by atoms with van der Waals surface area (Å²) in [5.41, 5.74) is -9.49. The van der Waals surface area contributed by atoms with E-state index < -0.39 is 123 Å². The highest BCUT2D eigenvalue weighted by Gasteiger charge is 2.49. The van der Waals surface area contributed by atoms with E-state index in [-0.39, 0.29) is 5.19 Å². The zero-order chi connectivity index (χ0) is 33.4. The predicted molar refractivity (Wildman–Crippen MR) is 132 cm³/mol. The first-order valence-electron chi connectivity index (χ1n) is 11.7. The van der Waals surface area contributed by atoms with Gasteiger partial charge in [0.25, 0.3) is 0 Å². The molecule has 0 radical (unpaired) electrons. The number of rotatable bonds is 5.